The first-order valence-corrected chi connectivity index (χ1v) is 6.16. The van der Waals surface area contributed by atoms with Crippen LogP contribution in [0.4, 0.5) is 4.39 Å². The predicted molar refractivity (Wildman–Crippen MR) is 81.0 cm³/mol. The number of carbonyl (C=O) groups excluding carboxylic acids is 1. The zero-order chi connectivity index (χ0) is 12.3. The summed E-state index contributed by atoms with van der Waals surface area (Å²) in [5.74, 6) is -0.488. The summed E-state index contributed by atoms with van der Waals surface area (Å²) in [5, 5.41) is 0. The topological polar surface area (TPSA) is 20.3 Å². The smallest absolute Gasteiger partial charge is 0.167 e. The standard InChI is InChI=1S/C14H18FNO.HI/c1-16-9-5-4-6-11(16)10-14(17)12-7-2-3-8-13(12)15;/h2-3,7-8,11H,4-6,9-10H2,1H3;1H. The lowest BCUT2D eigenvalue weighted by Gasteiger charge is -2.31. The van der Waals surface area contributed by atoms with Gasteiger partial charge in [-0.3, -0.25) is 4.79 Å². The second-order valence-corrected chi connectivity index (χ2v) is 4.74. The molecule has 1 aromatic rings. The Morgan fingerprint density at radius 3 is 2.78 bits per heavy atom. The monoisotopic (exact) mass is 363 g/mol. The summed E-state index contributed by atoms with van der Waals surface area (Å²) in [5.41, 5.74) is 0.228. The molecule has 1 atom stereocenters. The van der Waals surface area contributed by atoms with Crippen molar-refractivity contribution in [2.75, 3.05) is 13.6 Å². The van der Waals surface area contributed by atoms with E-state index in [9.17, 15) is 9.18 Å². The van der Waals surface area contributed by atoms with E-state index in [2.05, 4.69) is 4.90 Å². The van der Waals surface area contributed by atoms with Gasteiger partial charge in [0.1, 0.15) is 5.82 Å². The number of likely N-dealkylation sites (tertiary alicyclic amines) is 1. The predicted octanol–water partition coefficient (Wildman–Crippen LogP) is 3.50. The van der Waals surface area contributed by atoms with E-state index in [0.717, 1.165) is 13.0 Å². The molecular formula is C14H19FINO. The van der Waals surface area contributed by atoms with Crippen LogP contribution in [0, 0.1) is 5.82 Å². The van der Waals surface area contributed by atoms with Crippen LogP contribution >= 0.6 is 24.0 Å². The van der Waals surface area contributed by atoms with Gasteiger partial charge in [-0.15, -0.1) is 24.0 Å². The molecule has 100 valence electrons. The van der Waals surface area contributed by atoms with Gasteiger partial charge in [0.2, 0.25) is 0 Å². The van der Waals surface area contributed by atoms with Crippen molar-refractivity contribution in [1.29, 1.82) is 0 Å². The van der Waals surface area contributed by atoms with Crippen LogP contribution in [0.1, 0.15) is 36.0 Å². The Morgan fingerprint density at radius 2 is 2.11 bits per heavy atom. The average Bonchev–Trinajstić information content (AvgIpc) is 2.32. The molecule has 0 saturated carbocycles. The van der Waals surface area contributed by atoms with E-state index in [1.165, 1.54) is 18.9 Å². The van der Waals surface area contributed by atoms with Crippen molar-refractivity contribution in [2.45, 2.75) is 31.7 Å². The average molecular weight is 363 g/mol. The van der Waals surface area contributed by atoms with E-state index in [-0.39, 0.29) is 41.4 Å². The van der Waals surface area contributed by atoms with Crippen molar-refractivity contribution in [1.82, 2.24) is 4.90 Å². The Hall–Kier alpha value is -0.490. The van der Waals surface area contributed by atoms with E-state index in [1.54, 1.807) is 18.2 Å². The minimum absolute atomic E-state index is 0. The summed E-state index contributed by atoms with van der Waals surface area (Å²) in [6.07, 6.45) is 3.83. The Bertz CT molecular complexity index is 411. The number of ketones is 1. The Balaban J connectivity index is 0.00000162. The highest BCUT2D eigenvalue weighted by Crippen LogP contribution is 2.20. The summed E-state index contributed by atoms with van der Waals surface area (Å²) >= 11 is 0. The molecule has 1 unspecified atom stereocenters. The van der Waals surface area contributed by atoms with Gasteiger partial charge < -0.3 is 4.90 Å². The van der Waals surface area contributed by atoms with Gasteiger partial charge in [-0.1, -0.05) is 18.6 Å². The van der Waals surface area contributed by atoms with Gasteiger partial charge in [-0.25, -0.2) is 4.39 Å². The molecule has 1 saturated heterocycles. The molecule has 0 aliphatic carbocycles. The fourth-order valence-corrected chi connectivity index (χ4v) is 2.41. The van der Waals surface area contributed by atoms with E-state index in [0.29, 0.717) is 6.42 Å². The fraction of sp³-hybridized carbons (Fsp3) is 0.500. The van der Waals surface area contributed by atoms with E-state index in [1.807, 2.05) is 7.05 Å². The third kappa shape index (κ3) is 3.75. The van der Waals surface area contributed by atoms with Crippen LogP contribution in [0.3, 0.4) is 0 Å². The Labute approximate surface area is 125 Å². The van der Waals surface area contributed by atoms with Crippen molar-refractivity contribution in [3.8, 4) is 0 Å². The quantitative estimate of drug-likeness (QED) is 0.605. The molecule has 1 heterocycles. The molecule has 4 heteroatoms. The summed E-state index contributed by atoms with van der Waals surface area (Å²) < 4.78 is 13.5. The molecule has 1 fully saturated rings. The van der Waals surface area contributed by atoms with Gasteiger partial charge in [0.15, 0.2) is 5.78 Å². The minimum atomic E-state index is -0.407. The molecule has 0 aromatic heterocycles. The third-order valence-electron chi connectivity index (χ3n) is 3.52. The molecule has 1 aromatic carbocycles. The van der Waals surface area contributed by atoms with Crippen LogP contribution in [0.15, 0.2) is 24.3 Å². The highest BCUT2D eigenvalue weighted by atomic mass is 127. The fourth-order valence-electron chi connectivity index (χ4n) is 2.41. The minimum Gasteiger partial charge on any atom is -0.303 e. The number of carbonyl (C=O) groups is 1. The second kappa shape index (κ2) is 7.19. The molecule has 0 radical (unpaired) electrons. The lowest BCUT2D eigenvalue weighted by atomic mass is 9.95. The first-order chi connectivity index (χ1) is 8.18. The molecule has 0 bridgehead atoms. The number of hydrogen-bond acceptors (Lipinski definition) is 2. The van der Waals surface area contributed by atoms with Gasteiger partial charge in [0.25, 0.3) is 0 Å². The molecule has 0 N–H and O–H groups in total. The van der Waals surface area contributed by atoms with Crippen LogP contribution < -0.4 is 0 Å². The summed E-state index contributed by atoms with van der Waals surface area (Å²) in [6, 6.07) is 6.51. The SMILES string of the molecule is CN1CCCCC1CC(=O)c1ccccc1F.I. The van der Waals surface area contributed by atoms with E-state index < -0.39 is 5.82 Å². The van der Waals surface area contributed by atoms with Crippen LogP contribution in [0.2, 0.25) is 0 Å². The highest BCUT2D eigenvalue weighted by molar-refractivity contribution is 14.0. The first-order valence-electron chi connectivity index (χ1n) is 6.16. The van der Waals surface area contributed by atoms with Crippen molar-refractivity contribution in [2.24, 2.45) is 0 Å². The number of benzene rings is 1. The number of Topliss-reactive ketones (excluding diaryl/α,β-unsaturated/α-hetero) is 1. The summed E-state index contributed by atoms with van der Waals surface area (Å²) in [7, 11) is 2.04. The number of rotatable bonds is 3. The Morgan fingerprint density at radius 1 is 1.39 bits per heavy atom. The van der Waals surface area contributed by atoms with Crippen molar-refractivity contribution < 1.29 is 9.18 Å². The van der Waals surface area contributed by atoms with Gasteiger partial charge in [0, 0.05) is 12.5 Å². The first kappa shape index (κ1) is 15.6. The molecule has 1 aliphatic heterocycles. The number of hydrogen-bond donors (Lipinski definition) is 0. The van der Waals surface area contributed by atoms with Gasteiger partial charge in [-0.05, 0) is 38.6 Å². The molecule has 2 nitrogen and oxygen atoms in total. The van der Waals surface area contributed by atoms with Gasteiger partial charge >= 0.3 is 0 Å². The molecular weight excluding hydrogens is 344 g/mol. The summed E-state index contributed by atoms with van der Waals surface area (Å²) in [6.45, 7) is 1.04. The maximum Gasteiger partial charge on any atom is 0.167 e. The van der Waals surface area contributed by atoms with E-state index in [4.69, 9.17) is 0 Å². The van der Waals surface area contributed by atoms with Crippen LogP contribution in [-0.2, 0) is 0 Å². The highest BCUT2D eigenvalue weighted by Gasteiger charge is 2.23. The Kier molecular flexibility index (Phi) is 6.21. The summed E-state index contributed by atoms with van der Waals surface area (Å²) in [4.78, 5) is 14.2. The van der Waals surface area contributed by atoms with Gasteiger partial charge in [0.05, 0.1) is 5.56 Å². The maximum absolute atomic E-state index is 13.5. The number of halogens is 2. The van der Waals surface area contributed by atoms with Crippen LogP contribution in [0.25, 0.3) is 0 Å². The normalized spacial score (nSPS) is 20.2. The van der Waals surface area contributed by atoms with Crippen molar-refractivity contribution in [3.05, 3.63) is 35.6 Å². The molecule has 2 rings (SSSR count). The molecule has 1 aliphatic rings. The van der Waals surface area contributed by atoms with Crippen LogP contribution in [0.5, 0.6) is 0 Å². The molecule has 0 spiro atoms. The van der Waals surface area contributed by atoms with Gasteiger partial charge in [-0.2, -0.15) is 0 Å². The number of nitrogens with zero attached hydrogens (tertiary/aromatic N) is 1. The van der Waals surface area contributed by atoms with Crippen molar-refractivity contribution in [3.63, 3.8) is 0 Å². The third-order valence-corrected chi connectivity index (χ3v) is 3.52. The largest absolute Gasteiger partial charge is 0.303 e. The lowest BCUT2D eigenvalue weighted by molar-refractivity contribution is 0.0902. The zero-order valence-electron chi connectivity index (χ0n) is 10.6. The lowest BCUT2D eigenvalue weighted by Crippen LogP contribution is -2.37. The van der Waals surface area contributed by atoms with Crippen molar-refractivity contribution >= 4 is 29.8 Å². The molecule has 0 amide bonds. The van der Waals surface area contributed by atoms with E-state index >= 15 is 0 Å². The molecule has 18 heavy (non-hydrogen) atoms. The maximum atomic E-state index is 13.5. The zero-order valence-corrected chi connectivity index (χ0v) is 12.9. The number of piperidine rings is 1. The second-order valence-electron chi connectivity index (χ2n) is 4.74. The van der Waals surface area contributed by atoms with Crippen LogP contribution in [-0.4, -0.2) is 30.3 Å².